The second-order valence-corrected chi connectivity index (χ2v) is 14.9. The van der Waals surface area contributed by atoms with Gasteiger partial charge in [0.25, 0.3) is 0 Å². The van der Waals surface area contributed by atoms with E-state index < -0.39 is 0 Å². The molecule has 1 saturated carbocycles. The minimum atomic E-state index is -0.0361. The van der Waals surface area contributed by atoms with Crippen LogP contribution >= 0.6 is 0 Å². The van der Waals surface area contributed by atoms with Crippen molar-refractivity contribution in [2.75, 3.05) is 0 Å². The fourth-order valence-corrected chi connectivity index (χ4v) is 7.25. The molecule has 3 aromatic carbocycles. The Balaban J connectivity index is 0.00000480. The largest absolute Gasteiger partial charge is 0.344 e. The van der Waals surface area contributed by atoms with Gasteiger partial charge in [-0.1, -0.05) is 144 Å². The first-order valence-electron chi connectivity index (χ1n) is 17.3. The molecule has 0 radical (unpaired) electrons. The van der Waals surface area contributed by atoms with Gasteiger partial charge in [0.1, 0.15) is 5.78 Å². The van der Waals surface area contributed by atoms with Gasteiger partial charge in [0.15, 0.2) is 0 Å². The molecule has 2 aliphatic rings. The number of hydrogen-bond donors (Lipinski definition) is 1. The van der Waals surface area contributed by atoms with Crippen molar-refractivity contribution >= 4 is 22.8 Å². The Kier molecular flexibility index (Phi) is 12.1. The van der Waals surface area contributed by atoms with Crippen LogP contribution in [0.25, 0.3) is 10.8 Å². The van der Waals surface area contributed by atoms with Crippen molar-refractivity contribution in [1.29, 1.82) is 0 Å². The number of aliphatic imine (C=N–C) groups is 1. The molecule has 3 nitrogen and oxygen atoms in total. The highest BCUT2D eigenvalue weighted by molar-refractivity contribution is 5.86. The van der Waals surface area contributed by atoms with Crippen LogP contribution in [0.5, 0.6) is 0 Å². The zero-order chi connectivity index (χ0) is 32.0. The Labute approximate surface area is 278 Å². The van der Waals surface area contributed by atoms with E-state index in [1.165, 1.54) is 53.2 Å². The Morgan fingerprint density at radius 1 is 0.913 bits per heavy atom. The maximum atomic E-state index is 13.9. The van der Waals surface area contributed by atoms with Gasteiger partial charge in [0.2, 0.25) is 0 Å². The SMILES string of the molecule is C=C(C1CCC(C)CC1)C(c1ccc2ccccc2c1)C1C=NC(CC(=O)C(CCCc2ccccc2)CC(=C)C(C)(C)C)=C1.N. The predicted octanol–water partition coefficient (Wildman–Crippen LogP) is 11.6. The summed E-state index contributed by atoms with van der Waals surface area (Å²) in [5, 5.41) is 2.52. The highest BCUT2D eigenvalue weighted by Gasteiger charge is 2.33. The molecule has 0 saturated heterocycles. The normalized spacial score (nSPS) is 20.9. The average Bonchev–Trinajstić information content (AvgIpc) is 3.48. The Morgan fingerprint density at radius 3 is 2.28 bits per heavy atom. The van der Waals surface area contributed by atoms with E-state index in [0.717, 1.165) is 42.9 Å². The number of hydrogen-bond acceptors (Lipinski definition) is 3. The zero-order valence-corrected chi connectivity index (χ0v) is 28.8. The maximum Gasteiger partial charge on any atom is 0.142 e. The maximum absolute atomic E-state index is 13.9. The topological polar surface area (TPSA) is 64.4 Å². The van der Waals surface area contributed by atoms with Crippen LogP contribution in [0.2, 0.25) is 0 Å². The number of fused-ring (bicyclic) bond motifs is 1. The van der Waals surface area contributed by atoms with E-state index in [-0.39, 0.29) is 29.3 Å². The summed E-state index contributed by atoms with van der Waals surface area (Å²) >= 11 is 0. The summed E-state index contributed by atoms with van der Waals surface area (Å²) in [6.07, 6.45) is 13.3. The number of nitrogens with zero attached hydrogens (tertiary/aromatic N) is 1. The van der Waals surface area contributed by atoms with Crippen molar-refractivity contribution in [3.8, 4) is 0 Å². The third-order valence-corrected chi connectivity index (χ3v) is 10.5. The van der Waals surface area contributed by atoms with Crippen molar-refractivity contribution in [2.45, 2.75) is 91.4 Å². The van der Waals surface area contributed by atoms with Gasteiger partial charge in [-0.25, -0.2) is 0 Å². The summed E-state index contributed by atoms with van der Waals surface area (Å²) in [6, 6.07) is 26.1. The Morgan fingerprint density at radius 2 is 1.59 bits per heavy atom. The minimum absolute atomic E-state index is 0. The van der Waals surface area contributed by atoms with Gasteiger partial charge in [0.05, 0.1) is 0 Å². The van der Waals surface area contributed by atoms with Crippen LogP contribution in [0.3, 0.4) is 0 Å². The lowest BCUT2D eigenvalue weighted by Crippen LogP contribution is -2.22. The molecule has 0 amide bonds. The molecule has 5 rings (SSSR count). The number of rotatable bonds is 13. The van der Waals surface area contributed by atoms with Crippen molar-refractivity contribution < 1.29 is 4.79 Å². The van der Waals surface area contributed by atoms with Gasteiger partial charge in [0, 0.05) is 36.1 Å². The van der Waals surface area contributed by atoms with Crippen LogP contribution in [0.1, 0.15) is 96.1 Å². The molecule has 1 aliphatic heterocycles. The van der Waals surface area contributed by atoms with Gasteiger partial charge in [-0.15, -0.1) is 0 Å². The number of carbonyl (C=O) groups excluding carboxylic acids is 1. The summed E-state index contributed by atoms with van der Waals surface area (Å²) in [5.41, 5.74) is 6.01. The molecular formula is C43H56N2O. The van der Waals surface area contributed by atoms with Crippen molar-refractivity contribution in [3.05, 3.63) is 120 Å². The monoisotopic (exact) mass is 616 g/mol. The van der Waals surface area contributed by atoms with Crippen molar-refractivity contribution in [2.24, 2.45) is 34.1 Å². The van der Waals surface area contributed by atoms with Crippen molar-refractivity contribution in [1.82, 2.24) is 6.15 Å². The zero-order valence-electron chi connectivity index (χ0n) is 28.8. The molecular weight excluding hydrogens is 560 g/mol. The van der Waals surface area contributed by atoms with Gasteiger partial charge in [-0.3, -0.25) is 9.79 Å². The van der Waals surface area contributed by atoms with Crippen LogP contribution in [0, 0.1) is 29.1 Å². The first kappa shape index (κ1) is 35.3. The van der Waals surface area contributed by atoms with Crippen LogP contribution in [-0.2, 0) is 11.2 Å². The van der Waals surface area contributed by atoms with E-state index in [9.17, 15) is 4.79 Å². The minimum Gasteiger partial charge on any atom is -0.344 e. The molecule has 244 valence electrons. The summed E-state index contributed by atoms with van der Waals surface area (Å²) in [4.78, 5) is 18.8. The van der Waals surface area contributed by atoms with Crippen LogP contribution in [-0.4, -0.2) is 12.0 Å². The van der Waals surface area contributed by atoms with Crippen molar-refractivity contribution in [3.63, 3.8) is 0 Å². The number of allylic oxidation sites excluding steroid dienone is 4. The highest BCUT2D eigenvalue weighted by atomic mass is 16.1. The Hall–Kier alpha value is -3.56. The quantitative estimate of drug-likeness (QED) is 0.194. The second kappa shape index (κ2) is 15.8. The third-order valence-electron chi connectivity index (χ3n) is 10.5. The van der Waals surface area contributed by atoms with Gasteiger partial charge in [-0.2, -0.15) is 0 Å². The van der Waals surface area contributed by atoms with E-state index in [0.29, 0.717) is 18.1 Å². The van der Waals surface area contributed by atoms with E-state index in [1.807, 2.05) is 0 Å². The number of ketones is 1. The molecule has 3 unspecified atom stereocenters. The standard InChI is InChI=1S/C43H53NO.H3N/c1-30-19-21-34(22-20-30)32(3)42(38-24-23-35-16-10-11-17-36(35)26-38)39-27-40(44-29-39)28-41(45)37(25-31(2)43(4,5)6)18-12-15-33-13-8-7-9-14-33;/h7-11,13-14,16-17,23-24,26-27,29-30,34,37,39,42H,2-3,12,15,18-22,25,28H2,1,4-6H3;1H3. The number of aryl methyl sites for hydroxylation is 1. The smallest absolute Gasteiger partial charge is 0.142 e. The average molecular weight is 617 g/mol. The molecule has 0 aromatic heterocycles. The highest BCUT2D eigenvalue weighted by Crippen LogP contribution is 2.44. The van der Waals surface area contributed by atoms with Gasteiger partial charge < -0.3 is 6.15 Å². The molecule has 0 spiro atoms. The van der Waals surface area contributed by atoms with E-state index >= 15 is 0 Å². The predicted molar refractivity (Wildman–Crippen MR) is 198 cm³/mol. The van der Waals surface area contributed by atoms with E-state index in [2.05, 4.69) is 119 Å². The molecule has 0 bridgehead atoms. The Bertz CT molecular complexity index is 1550. The molecule has 1 fully saturated rings. The molecule has 46 heavy (non-hydrogen) atoms. The molecule has 3 aromatic rings. The number of carbonyl (C=O) groups is 1. The van der Waals surface area contributed by atoms with Crippen LogP contribution in [0.15, 0.2) is 114 Å². The summed E-state index contributed by atoms with van der Waals surface area (Å²) in [5.74, 6) is 1.86. The second-order valence-electron chi connectivity index (χ2n) is 14.9. The molecule has 1 heterocycles. The fourth-order valence-electron chi connectivity index (χ4n) is 7.25. The van der Waals surface area contributed by atoms with Gasteiger partial charge in [-0.05, 0) is 77.7 Å². The summed E-state index contributed by atoms with van der Waals surface area (Å²) < 4.78 is 0. The first-order valence-corrected chi connectivity index (χ1v) is 17.3. The molecule has 1 aliphatic carbocycles. The number of benzene rings is 3. The third kappa shape index (κ3) is 9.04. The number of Topliss-reactive ketones (excluding diaryl/α,β-unsaturated/α-hetero) is 1. The fraction of sp³-hybridized carbons (Fsp3) is 0.442. The first-order chi connectivity index (χ1) is 21.6. The molecule has 3 atom stereocenters. The summed E-state index contributed by atoms with van der Waals surface area (Å²) in [7, 11) is 0. The lowest BCUT2D eigenvalue weighted by atomic mass is 9.71. The summed E-state index contributed by atoms with van der Waals surface area (Å²) in [6.45, 7) is 18.1. The van der Waals surface area contributed by atoms with E-state index in [4.69, 9.17) is 11.6 Å². The lowest BCUT2D eigenvalue weighted by molar-refractivity contribution is -0.122. The molecule has 3 N–H and O–H groups in total. The van der Waals surface area contributed by atoms with E-state index in [1.54, 1.807) is 0 Å². The van der Waals surface area contributed by atoms with Crippen LogP contribution in [0.4, 0.5) is 0 Å². The lowest BCUT2D eigenvalue weighted by Gasteiger charge is -2.33. The van der Waals surface area contributed by atoms with Crippen LogP contribution < -0.4 is 6.15 Å². The molecule has 3 heteroatoms. The van der Waals surface area contributed by atoms with Gasteiger partial charge >= 0.3 is 0 Å².